The van der Waals surface area contributed by atoms with Gasteiger partial charge in [0.25, 0.3) is 5.91 Å². The fourth-order valence-electron chi connectivity index (χ4n) is 1.54. The Kier molecular flexibility index (Phi) is 3.99. The number of urea groups is 1. The quantitative estimate of drug-likeness (QED) is 0.795. The number of primary amides is 1. The van der Waals surface area contributed by atoms with E-state index in [1.165, 1.54) is 24.7 Å². The second-order valence-electron chi connectivity index (χ2n) is 4.00. The zero-order valence-electron chi connectivity index (χ0n) is 10.4. The fraction of sp³-hybridized carbons (Fsp3) is 0.0769. The van der Waals surface area contributed by atoms with E-state index < -0.39 is 17.8 Å². The Morgan fingerprint density at radius 3 is 2.75 bits per heavy atom. The molecule has 4 N–H and O–H groups in total. The molecule has 1 heterocycles. The van der Waals surface area contributed by atoms with Gasteiger partial charge >= 0.3 is 6.03 Å². The van der Waals surface area contributed by atoms with Crippen LogP contribution < -0.4 is 16.4 Å². The third kappa shape index (κ3) is 3.35. The molecular weight excluding hydrogens is 265 g/mol. The first kappa shape index (κ1) is 13.6. The summed E-state index contributed by atoms with van der Waals surface area (Å²) in [5, 5.41) is 5.05. The zero-order valence-corrected chi connectivity index (χ0v) is 10.4. The molecule has 0 aliphatic rings. The second-order valence-corrected chi connectivity index (χ2v) is 4.00. The normalized spacial score (nSPS) is 10.1. The predicted molar refractivity (Wildman–Crippen MR) is 69.5 cm³/mol. The largest absolute Gasteiger partial charge is 0.472 e. The van der Waals surface area contributed by atoms with Gasteiger partial charge in [0, 0.05) is 17.8 Å². The fourth-order valence-corrected chi connectivity index (χ4v) is 1.54. The van der Waals surface area contributed by atoms with Crippen LogP contribution in [0.25, 0.3) is 0 Å². The van der Waals surface area contributed by atoms with Gasteiger partial charge in [-0.1, -0.05) is 0 Å². The molecule has 104 valence electrons. The van der Waals surface area contributed by atoms with Crippen molar-refractivity contribution >= 4 is 17.6 Å². The van der Waals surface area contributed by atoms with Crippen LogP contribution in [0.3, 0.4) is 0 Å². The van der Waals surface area contributed by atoms with E-state index in [-0.39, 0.29) is 17.8 Å². The molecule has 0 unspecified atom stereocenters. The van der Waals surface area contributed by atoms with Gasteiger partial charge in [0.2, 0.25) is 0 Å². The molecule has 3 amide bonds. The summed E-state index contributed by atoms with van der Waals surface area (Å²) in [5.41, 5.74) is 5.81. The van der Waals surface area contributed by atoms with Crippen molar-refractivity contribution in [3.05, 3.63) is 53.7 Å². The number of rotatable bonds is 4. The van der Waals surface area contributed by atoms with E-state index in [1.807, 2.05) is 0 Å². The Labute approximate surface area is 113 Å². The number of carbonyl (C=O) groups excluding carboxylic acids is 2. The Morgan fingerprint density at radius 1 is 1.30 bits per heavy atom. The number of furan rings is 1. The van der Waals surface area contributed by atoms with Crippen molar-refractivity contribution in [1.82, 2.24) is 5.32 Å². The minimum Gasteiger partial charge on any atom is -0.472 e. The molecule has 0 aliphatic heterocycles. The van der Waals surface area contributed by atoms with Crippen LogP contribution >= 0.6 is 0 Å². The number of benzene rings is 1. The van der Waals surface area contributed by atoms with Crippen molar-refractivity contribution in [3.8, 4) is 0 Å². The molecule has 0 spiro atoms. The Hall–Kier alpha value is -2.83. The molecule has 0 saturated heterocycles. The van der Waals surface area contributed by atoms with Crippen LogP contribution in [-0.4, -0.2) is 11.9 Å². The van der Waals surface area contributed by atoms with Crippen LogP contribution in [0.15, 0.2) is 41.2 Å². The zero-order chi connectivity index (χ0) is 14.5. The van der Waals surface area contributed by atoms with E-state index >= 15 is 0 Å². The maximum Gasteiger partial charge on any atom is 0.319 e. The van der Waals surface area contributed by atoms with Gasteiger partial charge < -0.3 is 20.8 Å². The van der Waals surface area contributed by atoms with Crippen molar-refractivity contribution in [2.75, 3.05) is 5.32 Å². The van der Waals surface area contributed by atoms with Crippen LogP contribution in [0.2, 0.25) is 0 Å². The Balaban J connectivity index is 1.97. The SMILES string of the molecule is NC(=O)c1cc(NC(=O)NCc2ccoc2)ccc1F. The highest BCUT2D eigenvalue weighted by Crippen LogP contribution is 2.14. The van der Waals surface area contributed by atoms with Gasteiger partial charge in [-0.05, 0) is 24.3 Å². The highest BCUT2D eigenvalue weighted by molar-refractivity contribution is 5.96. The minimum atomic E-state index is -0.898. The van der Waals surface area contributed by atoms with Gasteiger partial charge in [-0.2, -0.15) is 0 Å². The summed E-state index contributed by atoms with van der Waals surface area (Å²) in [6, 6.07) is 4.79. The van der Waals surface area contributed by atoms with Crippen molar-refractivity contribution in [2.45, 2.75) is 6.54 Å². The van der Waals surface area contributed by atoms with E-state index in [2.05, 4.69) is 10.6 Å². The molecule has 6 nitrogen and oxygen atoms in total. The number of hydrogen-bond donors (Lipinski definition) is 3. The molecule has 7 heteroatoms. The van der Waals surface area contributed by atoms with Crippen molar-refractivity contribution in [2.24, 2.45) is 5.73 Å². The summed E-state index contributed by atoms with van der Waals surface area (Å²) in [5.74, 6) is -1.63. The summed E-state index contributed by atoms with van der Waals surface area (Å²) in [4.78, 5) is 22.6. The number of hydrogen-bond acceptors (Lipinski definition) is 3. The molecule has 0 aliphatic carbocycles. The first-order valence-electron chi connectivity index (χ1n) is 5.71. The molecule has 0 fully saturated rings. The first-order valence-corrected chi connectivity index (χ1v) is 5.71. The number of nitrogens with one attached hydrogen (secondary N) is 2. The summed E-state index contributed by atoms with van der Waals surface area (Å²) in [7, 11) is 0. The topological polar surface area (TPSA) is 97.4 Å². The number of amides is 3. The van der Waals surface area contributed by atoms with E-state index in [0.717, 1.165) is 11.6 Å². The van der Waals surface area contributed by atoms with E-state index in [9.17, 15) is 14.0 Å². The highest BCUT2D eigenvalue weighted by atomic mass is 19.1. The van der Waals surface area contributed by atoms with Crippen LogP contribution in [-0.2, 0) is 6.54 Å². The third-order valence-corrected chi connectivity index (χ3v) is 2.52. The molecular formula is C13H12FN3O3. The van der Waals surface area contributed by atoms with Crippen molar-refractivity contribution in [3.63, 3.8) is 0 Å². The van der Waals surface area contributed by atoms with Gasteiger partial charge in [0.15, 0.2) is 0 Å². The highest BCUT2D eigenvalue weighted by Gasteiger charge is 2.10. The van der Waals surface area contributed by atoms with Crippen LogP contribution in [0.4, 0.5) is 14.9 Å². The number of carbonyl (C=O) groups is 2. The minimum absolute atomic E-state index is 0.268. The predicted octanol–water partition coefficient (Wildman–Crippen LogP) is 1.84. The van der Waals surface area contributed by atoms with Crippen LogP contribution in [0.1, 0.15) is 15.9 Å². The van der Waals surface area contributed by atoms with Gasteiger partial charge in [-0.3, -0.25) is 4.79 Å². The van der Waals surface area contributed by atoms with Gasteiger partial charge in [0.1, 0.15) is 5.82 Å². The molecule has 2 aromatic rings. The number of halogens is 1. The average molecular weight is 277 g/mol. The van der Waals surface area contributed by atoms with Crippen molar-refractivity contribution in [1.29, 1.82) is 0 Å². The molecule has 0 atom stereocenters. The lowest BCUT2D eigenvalue weighted by Gasteiger charge is -2.08. The third-order valence-electron chi connectivity index (χ3n) is 2.52. The molecule has 0 radical (unpaired) electrons. The molecule has 20 heavy (non-hydrogen) atoms. The van der Waals surface area contributed by atoms with Crippen LogP contribution in [0, 0.1) is 5.82 Å². The first-order chi connectivity index (χ1) is 9.56. The lowest BCUT2D eigenvalue weighted by atomic mass is 10.2. The van der Waals surface area contributed by atoms with Gasteiger partial charge in [-0.15, -0.1) is 0 Å². The molecule has 0 saturated carbocycles. The molecule has 1 aromatic heterocycles. The van der Waals surface area contributed by atoms with E-state index in [0.29, 0.717) is 0 Å². The number of anilines is 1. The lowest BCUT2D eigenvalue weighted by Crippen LogP contribution is -2.28. The summed E-state index contributed by atoms with van der Waals surface area (Å²) in [6.45, 7) is 0.284. The van der Waals surface area contributed by atoms with Gasteiger partial charge in [0.05, 0.1) is 18.1 Å². The molecule has 0 bridgehead atoms. The Morgan fingerprint density at radius 2 is 2.10 bits per heavy atom. The van der Waals surface area contributed by atoms with E-state index in [4.69, 9.17) is 10.2 Å². The monoisotopic (exact) mass is 277 g/mol. The van der Waals surface area contributed by atoms with Gasteiger partial charge in [-0.25, -0.2) is 9.18 Å². The summed E-state index contributed by atoms with van der Waals surface area (Å²) in [6.07, 6.45) is 3.00. The Bertz CT molecular complexity index is 626. The maximum atomic E-state index is 13.3. The molecule has 2 rings (SSSR count). The van der Waals surface area contributed by atoms with Crippen molar-refractivity contribution < 1.29 is 18.4 Å². The standard InChI is InChI=1S/C13H12FN3O3/c14-11-2-1-9(5-10(11)12(15)18)17-13(19)16-6-8-3-4-20-7-8/h1-5,7H,6H2,(H2,15,18)(H2,16,17,19). The second kappa shape index (κ2) is 5.87. The van der Waals surface area contributed by atoms with E-state index in [1.54, 1.807) is 6.07 Å². The summed E-state index contributed by atoms with van der Waals surface area (Å²) >= 11 is 0. The van der Waals surface area contributed by atoms with Crippen LogP contribution in [0.5, 0.6) is 0 Å². The lowest BCUT2D eigenvalue weighted by molar-refractivity contribution is 0.0996. The summed E-state index contributed by atoms with van der Waals surface area (Å²) < 4.78 is 18.1. The average Bonchev–Trinajstić information content (AvgIpc) is 2.91. The number of nitrogens with two attached hydrogens (primary N) is 1. The smallest absolute Gasteiger partial charge is 0.319 e. The molecule has 1 aromatic carbocycles. The maximum absolute atomic E-state index is 13.3.